The van der Waals surface area contributed by atoms with Crippen LogP contribution >= 0.6 is 0 Å². The molecular weight excluding hydrogens is 456 g/mol. The fraction of sp³-hybridized carbons (Fsp3) is 0.292. The molecule has 35 heavy (non-hydrogen) atoms. The first kappa shape index (κ1) is 21.1. The van der Waals surface area contributed by atoms with Crippen LogP contribution in [-0.4, -0.2) is 32.9 Å². The molecule has 7 rings (SSSR count). The van der Waals surface area contributed by atoms with Gasteiger partial charge in [0.25, 0.3) is 17.5 Å². The summed E-state index contributed by atoms with van der Waals surface area (Å²) in [5.41, 5.74) is -0.351. The van der Waals surface area contributed by atoms with E-state index in [0.29, 0.717) is 17.4 Å². The highest BCUT2D eigenvalue weighted by atomic mass is 16.6. The van der Waals surface area contributed by atoms with Crippen molar-refractivity contribution in [2.45, 2.75) is 6.42 Å². The molecule has 3 fully saturated rings. The minimum absolute atomic E-state index is 0.131. The van der Waals surface area contributed by atoms with Crippen LogP contribution in [0, 0.1) is 55.7 Å². The van der Waals surface area contributed by atoms with Gasteiger partial charge >= 0.3 is 5.69 Å². The van der Waals surface area contributed by atoms with Gasteiger partial charge in [-0.25, -0.2) is 0 Å². The van der Waals surface area contributed by atoms with E-state index >= 15 is 0 Å². The van der Waals surface area contributed by atoms with Gasteiger partial charge in [-0.3, -0.25) is 29.8 Å². The van der Waals surface area contributed by atoms with Crippen LogP contribution < -0.4 is 4.74 Å². The van der Waals surface area contributed by atoms with Crippen LogP contribution in [0.3, 0.4) is 0 Å². The molecule has 1 heterocycles. The lowest BCUT2D eigenvalue weighted by Gasteiger charge is -2.37. The van der Waals surface area contributed by atoms with Crippen molar-refractivity contribution in [2.75, 3.05) is 0 Å². The van der Waals surface area contributed by atoms with Gasteiger partial charge in [0.1, 0.15) is 5.75 Å². The molecule has 2 aromatic rings. The average molecular weight is 474 g/mol. The molecule has 5 aliphatic rings. The van der Waals surface area contributed by atoms with Gasteiger partial charge in [-0.05, 0) is 66.0 Å². The zero-order valence-corrected chi connectivity index (χ0v) is 18.1. The zero-order valence-electron chi connectivity index (χ0n) is 18.1. The van der Waals surface area contributed by atoms with Crippen molar-refractivity contribution >= 4 is 29.4 Å². The number of amides is 2. The van der Waals surface area contributed by atoms with Crippen LogP contribution in [0.2, 0.25) is 0 Å². The van der Waals surface area contributed by atoms with Gasteiger partial charge in [-0.2, -0.15) is 10.1 Å². The third-order valence-corrected chi connectivity index (χ3v) is 7.42. The molecule has 11 nitrogen and oxygen atoms in total. The Morgan fingerprint density at radius 1 is 0.914 bits per heavy atom. The van der Waals surface area contributed by atoms with E-state index in [-0.39, 0.29) is 47.0 Å². The maximum atomic E-state index is 13.0. The molecule has 11 heteroatoms. The van der Waals surface area contributed by atoms with Crippen LogP contribution in [-0.2, 0) is 9.59 Å². The van der Waals surface area contributed by atoms with E-state index in [0.717, 1.165) is 23.6 Å². The van der Waals surface area contributed by atoms with E-state index in [1.54, 1.807) is 12.1 Å². The molecule has 1 saturated heterocycles. The number of ether oxygens (including phenoxy) is 1. The first-order valence-corrected chi connectivity index (χ1v) is 11.1. The number of nitro groups is 2. The molecular formula is C24H18N4O7. The van der Waals surface area contributed by atoms with E-state index in [1.165, 1.54) is 24.4 Å². The molecule has 0 radical (unpaired) electrons. The maximum Gasteiger partial charge on any atom is 0.318 e. The third kappa shape index (κ3) is 3.30. The number of hydrazone groups is 1. The molecule has 2 aromatic carbocycles. The molecule has 0 unspecified atom stereocenters. The first-order valence-electron chi connectivity index (χ1n) is 11.1. The van der Waals surface area contributed by atoms with Crippen LogP contribution in [0.15, 0.2) is 59.7 Å². The topological polar surface area (TPSA) is 145 Å². The highest BCUT2D eigenvalue weighted by Crippen LogP contribution is 2.65. The lowest BCUT2D eigenvalue weighted by atomic mass is 9.63. The Balaban J connectivity index is 1.17. The molecule has 0 spiro atoms. The molecule has 0 aromatic heterocycles. The van der Waals surface area contributed by atoms with E-state index in [4.69, 9.17) is 4.74 Å². The first-order chi connectivity index (χ1) is 16.8. The standard InChI is InChI=1S/C24H18N4O7/c29-23-21-15-6-7-16(18-10-17(15)18)22(21)24(30)26(23)25-11-12-1-4-14(5-2-12)35-20-8-3-13(27(31)32)9-19(20)28(33)34/h1-9,11,15-18,21-22H,10H2/b25-11-/t15-,16-,17-,18-,21+,22+/m0/s1. The Morgan fingerprint density at radius 2 is 1.54 bits per heavy atom. The van der Waals surface area contributed by atoms with Crippen LogP contribution in [0.5, 0.6) is 11.5 Å². The van der Waals surface area contributed by atoms with Gasteiger partial charge in [0.2, 0.25) is 5.75 Å². The number of carbonyl (C=O) groups excluding carboxylic acids is 2. The molecule has 6 atom stereocenters. The van der Waals surface area contributed by atoms with Gasteiger partial charge < -0.3 is 4.74 Å². The number of hydrogen-bond acceptors (Lipinski definition) is 8. The zero-order chi connectivity index (χ0) is 24.4. The van der Waals surface area contributed by atoms with Crippen molar-refractivity contribution in [3.05, 3.63) is 80.4 Å². The predicted molar refractivity (Wildman–Crippen MR) is 120 cm³/mol. The normalized spacial score (nSPS) is 29.9. The average Bonchev–Trinajstić information content (AvgIpc) is 3.63. The monoisotopic (exact) mass is 474 g/mol. The summed E-state index contributed by atoms with van der Waals surface area (Å²) in [6, 6.07) is 9.44. The number of rotatable bonds is 6. The quantitative estimate of drug-likeness (QED) is 0.204. The SMILES string of the molecule is O=C1[C@@H]2[C@H]3C=C[C@@H]([C@@H]4C[C@@H]34)[C@H]2C(=O)N1/N=C\c1ccc(Oc2ccc([N+](=O)[O-])cc2[N+](=O)[O-])cc1. The Morgan fingerprint density at radius 3 is 2.11 bits per heavy atom. The number of benzene rings is 2. The van der Waals surface area contributed by atoms with E-state index < -0.39 is 21.2 Å². The Hall–Kier alpha value is -4.41. The van der Waals surface area contributed by atoms with Gasteiger partial charge in [0.05, 0.1) is 34.0 Å². The highest BCUT2D eigenvalue weighted by molar-refractivity contribution is 6.06. The summed E-state index contributed by atoms with van der Waals surface area (Å²) in [7, 11) is 0. The van der Waals surface area contributed by atoms with Crippen molar-refractivity contribution in [1.82, 2.24) is 5.01 Å². The van der Waals surface area contributed by atoms with Gasteiger partial charge in [0.15, 0.2) is 0 Å². The third-order valence-electron chi connectivity index (χ3n) is 7.42. The molecule has 2 saturated carbocycles. The molecule has 2 amide bonds. The molecule has 1 aliphatic heterocycles. The summed E-state index contributed by atoms with van der Waals surface area (Å²) < 4.78 is 5.55. The number of imide groups is 1. The summed E-state index contributed by atoms with van der Waals surface area (Å²) in [4.78, 5) is 46.6. The van der Waals surface area contributed by atoms with Crippen molar-refractivity contribution in [3.8, 4) is 11.5 Å². The molecule has 176 valence electrons. The molecule has 0 N–H and O–H groups in total. The summed E-state index contributed by atoms with van der Waals surface area (Å²) in [6.45, 7) is 0. The van der Waals surface area contributed by atoms with Crippen LogP contribution in [0.25, 0.3) is 0 Å². The fourth-order valence-corrected chi connectivity index (χ4v) is 5.78. The van der Waals surface area contributed by atoms with Gasteiger partial charge in [-0.15, -0.1) is 0 Å². The number of nitro benzene ring substituents is 2. The Bertz CT molecular complexity index is 1320. The highest BCUT2D eigenvalue weighted by Gasteiger charge is 2.67. The second kappa shape index (κ2) is 7.55. The van der Waals surface area contributed by atoms with E-state index in [1.807, 2.05) is 0 Å². The summed E-state index contributed by atoms with van der Waals surface area (Å²) >= 11 is 0. The second-order valence-corrected chi connectivity index (χ2v) is 9.22. The van der Waals surface area contributed by atoms with Crippen molar-refractivity contribution in [2.24, 2.45) is 40.6 Å². The minimum atomic E-state index is -0.754. The second-order valence-electron chi connectivity index (χ2n) is 9.22. The summed E-state index contributed by atoms with van der Waals surface area (Å²) in [5, 5.41) is 27.4. The number of hydrogen-bond donors (Lipinski definition) is 0. The van der Waals surface area contributed by atoms with Gasteiger partial charge in [-0.1, -0.05) is 12.2 Å². The molecule has 2 bridgehead atoms. The predicted octanol–water partition coefficient (Wildman–Crippen LogP) is 3.68. The number of non-ortho nitro benzene ring substituents is 1. The minimum Gasteiger partial charge on any atom is -0.450 e. The molecule has 4 aliphatic carbocycles. The smallest absolute Gasteiger partial charge is 0.318 e. The largest absolute Gasteiger partial charge is 0.450 e. The lowest BCUT2D eigenvalue weighted by Crippen LogP contribution is -2.40. The number of carbonyl (C=O) groups is 2. The van der Waals surface area contributed by atoms with Gasteiger partial charge in [0, 0.05) is 6.07 Å². The van der Waals surface area contributed by atoms with Crippen LogP contribution in [0.1, 0.15) is 12.0 Å². The number of nitrogens with zero attached hydrogens (tertiary/aromatic N) is 4. The van der Waals surface area contributed by atoms with Crippen molar-refractivity contribution in [1.29, 1.82) is 0 Å². The number of allylic oxidation sites excluding steroid dienone is 2. The van der Waals surface area contributed by atoms with E-state index in [2.05, 4.69) is 17.3 Å². The van der Waals surface area contributed by atoms with E-state index in [9.17, 15) is 29.8 Å². The summed E-state index contributed by atoms with van der Waals surface area (Å²) in [6.07, 6.45) is 6.72. The van der Waals surface area contributed by atoms with Crippen LogP contribution in [0.4, 0.5) is 11.4 Å². The Kier molecular flexibility index (Phi) is 4.56. The van der Waals surface area contributed by atoms with Crippen molar-refractivity contribution < 1.29 is 24.2 Å². The summed E-state index contributed by atoms with van der Waals surface area (Å²) in [5.74, 6) is 0.311. The lowest BCUT2D eigenvalue weighted by molar-refractivity contribution is -0.394. The fourth-order valence-electron chi connectivity index (χ4n) is 5.78. The maximum absolute atomic E-state index is 13.0. The van der Waals surface area contributed by atoms with Crippen molar-refractivity contribution in [3.63, 3.8) is 0 Å². The Labute approximate surface area is 198 Å².